The first kappa shape index (κ1) is 29.1. The van der Waals surface area contributed by atoms with Gasteiger partial charge < -0.3 is 5.32 Å². The number of carbonyl (C=O) groups is 1. The highest BCUT2D eigenvalue weighted by Gasteiger charge is 2.24. The number of halogens is 1. The first-order chi connectivity index (χ1) is 20.2. The van der Waals surface area contributed by atoms with E-state index >= 15 is 0 Å². The summed E-state index contributed by atoms with van der Waals surface area (Å²) in [5, 5.41) is 15.9. The minimum atomic E-state index is -4.40. The lowest BCUT2D eigenvalue weighted by Gasteiger charge is -2.11. The fourth-order valence-corrected chi connectivity index (χ4v) is 6.18. The molecule has 212 valence electrons. The van der Waals surface area contributed by atoms with Crippen molar-refractivity contribution >= 4 is 61.6 Å². The van der Waals surface area contributed by atoms with E-state index in [1.807, 2.05) is 59.3 Å². The number of carbonyl (C=O) groups excluding carboxylic acids is 1. The predicted molar refractivity (Wildman–Crippen MR) is 166 cm³/mol. The van der Waals surface area contributed by atoms with Crippen LogP contribution in [-0.2, 0) is 10.0 Å². The van der Waals surface area contributed by atoms with E-state index < -0.39 is 31.4 Å². The SMILES string of the molecule is O=C(NS(=O)(=O)c1ccc(NCCSc2ccccc2)c([N+](=O)[O-])c1)c1ccc(-c2cccc3ccc(Cl)nc23)cc1. The molecule has 5 rings (SSSR count). The molecule has 0 saturated heterocycles. The molecule has 0 unspecified atom stereocenters. The van der Waals surface area contributed by atoms with E-state index in [1.54, 1.807) is 30.0 Å². The van der Waals surface area contributed by atoms with Gasteiger partial charge >= 0.3 is 0 Å². The van der Waals surface area contributed by atoms with Crippen LogP contribution in [0.1, 0.15) is 10.4 Å². The molecule has 4 aromatic carbocycles. The topological polar surface area (TPSA) is 131 Å². The van der Waals surface area contributed by atoms with Crippen molar-refractivity contribution in [3.63, 3.8) is 0 Å². The molecule has 1 amide bonds. The van der Waals surface area contributed by atoms with Gasteiger partial charge in [0.2, 0.25) is 0 Å². The van der Waals surface area contributed by atoms with Gasteiger partial charge in [-0.3, -0.25) is 14.9 Å². The smallest absolute Gasteiger partial charge is 0.293 e. The number of pyridine rings is 1. The van der Waals surface area contributed by atoms with Crippen LogP contribution >= 0.6 is 23.4 Å². The summed E-state index contributed by atoms with van der Waals surface area (Å²) in [5.74, 6) is -0.232. The zero-order valence-electron chi connectivity index (χ0n) is 21.9. The summed E-state index contributed by atoms with van der Waals surface area (Å²) in [6.07, 6.45) is 0. The van der Waals surface area contributed by atoms with E-state index in [1.165, 1.54) is 24.3 Å². The van der Waals surface area contributed by atoms with Gasteiger partial charge in [0.1, 0.15) is 10.8 Å². The largest absolute Gasteiger partial charge is 0.379 e. The number of rotatable bonds is 10. The van der Waals surface area contributed by atoms with Gasteiger partial charge in [-0.2, -0.15) is 0 Å². The first-order valence-corrected chi connectivity index (χ1v) is 15.5. The average molecular weight is 619 g/mol. The zero-order chi connectivity index (χ0) is 29.7. The Morgan fingerprint density at radius 2 is 1.69 bits per heavy atom. The van der Waals surface area contributed by atoms with E-state index in [2.05, 4.69) is 10.3 Å². The van der Waals surface area contributed by atoms with Crippen LogP contribution in [0.4, 0.5) is 11.4 Å². The number of thioether (sulfide) groups is 1. The summed E-state index contributed by atoms with van der Waals surface area (Å²) in [6, 6.07) is 28.7. The lowest BCUT2D eigenvalue weighted by molar-refractivity contribution is -0.384. The Hall–Kier alpha value is -4.45. The van der Waals surface area contributed by atoms with Crippen molar-refractivity contribution in [3.8, 4) is 11.1 Å². The van der Waals surface area contributed by atoms with Crippen LogP contribution in [-0.4, -0.2) is 36.5 Å². The lowest BCUT2D eigenvalue weighted by Crippen LogP contribution is -2.30. The molecule has 0 aliphatic rings. The predicted octanol–water partition coefficient (Wildman–Crippen LogP) is 6.79. The van der Waals surface area contributed by atoms with E-state index in [-0.39, 0.29) is 11.3 Å². The number of para-hydroxylation sites is 1. The molecule has 0 spiro atoms. The van der Waals surface area contributed by atoms with Crippen molar-refractivity contribution in [1.29, 1.82) is 0 Å². The maximum absolute atomic E-state index is 13.0. The van der Waals surface area contributed by atoms with Gasteiger partial charge in [-0.05, 0) is 54.1 Å². The second-order valence-corrected chi connectivity index (χ2v) is 12.3. The number of amides is 1. The summed E-state index contributed by atoms with van der Waals surface area (Å²) in [7, 11) is -4.40. The Labute approximate surface area is 251 Å². The van der Waals surface area contributed by atoms with Gasteiger partial charge in [-0.25, -0.2) is 18.1 Å². The molecule has 0 radical (unpaired) electrons. The number of benzene rings is 4. The monoisotopic (exact) mass is 618 g/mol. The molecule has 0 atom stereocenters. The van der Waals surface area contributed by atoms with Crippen molar-refractivity contribution in [3.05, 3.63) is 124 Å². The highest BCUT2D eigenvalue weighted by atomic mass is 35.5. The summed E-state index contributed by atoms with van der Waals surface area (Å²) in [5.41, 5.74) is 2.11. The molecular weight excluding hydrogens is 596 g/mol. The Morgan fingerprint density at radius 1 is 0.929 bits per heavy atom. The van der Waals surface area contributed by atoms with E-state index in [0.29, 0.717) is 23.0 Å². The molecule has 0 fully saturated rings. The number of nitrogens with one attached hydrogen (secondary N) is 2. The van der Waals surface area contributed by atoms with Crippen molar-refractivity contribution in [2.45, 2.75) is 9.79 Å². The number of sulfonamides is 1. The van der Waals surface area contributed by atoms with E-state index in [4.69, 9.17) is 11.6 Å². The second kappa shape index (κ2) is 12.6. The van der Waals surface area contributed by atoms with Gasteiger partial charge in [0.15, 0.2) is 0 Å². The van der Waals surface area contributed by atoms with Crippen molar-refractivity contribution in [2.75, 3.05) is 17.6 Å². The van der Waals surface area contributed by atoms with Crippen LogP contribution in [0.2, 0.25) is 5.15 Å². The molecule has 12 heteroatoms. The molecular formula is C30H23ClN4O5S2. The number of aromatic nitrogens is 1. The fraction of sp³-hybridized carbons (Fsp3) is 0.0667. The van der Waals surface area contributed by atoms with Gasteiger partial charge in [0, 0.05) is 39.8 Å². The maximum atomic E-state index is 13.0. The molecule has 1 aromatic heterocycles. The Morgan fingerprint density at radius 3 is 2.43 bits per heavy atom. The Kier molecular flexibility index (Phi) is 8.72. The number of hydrogen-bond acceptors (Lipinski definition) is 8. The molecule has 2 N–H and O–H groups in total. The average Bonchev–Trinajstić information content (AvgIpc) is 2.99. The maximum Gasteiger partial charge on any atom is 0.293 e. The zero-order valence-corrected chi connectivity index (χ0v) is 24.2. The molecule has 1 heterocycles. The third-order valence-electron chi connectivity index (χ3n) is 6.28. The molecule has 42 heavy (non-hydrogen) atoms. The Balaban J connectivity index is 1.28. The molecule has 0 aliphatic heterocycles. The molecule has 5 aromatic rings. The third-order valence-corrected chi connectivity index (χ3v) is 8.83. The van der Waals surface area contributed by atoms with Gasteiger partial charge in [0.25, 0.3) is 21.6 Å². The van der Waals surface area contributed by atoms with Crippen LogP contribution < -0.4 is 10.0 Å². The summed E-state index contributed by atoms with van der Waals surface area (Å²) < 4.78 is 28.0. The molecule has 0 bridgehead atoms. The molecule has 0 aliphatic carbocycles. The number of nitro groups is 1. The fourth-order valence-electron chi connectivity index (χ4n) is 4.25. The van der Waals surface area contributed by atoms with E-state index in [0.717, 1.165) is 27.5 Å². The second-order valence-electron chi connectivity index (χ2n) is 9.05. The number of nitro benzene ring substituents is 1. The number of fused-ring (bicyclic) bond motifs is 1. The summed E-state index contributed by atoms with van der Waals surface area (Å²) >= 11 is 7.66. The van der Waals surface area contributed by atoms with Crippen LogP contribution in [0, 0.1) is 10.1 Å². The number of nitrogens with zero attached hydrogens (tertiary/aromatic N) is 2. The van der Waals surface area contributed by atoms with Gasteiger partial charge in [-0.1, -0.05) is 60.1 Å². The van der Waals surface area contributed by atoms with Crippen LogP contribution in [0.25, 0.3) is 22.0 Å². The highest BCUT2D eigenvalue weighted by Crippen LogP contribution is 2.30. The van der Waals surface area contributed by atoms with Gasteiger partial charge in [0.05, 0.1) is 15.3 Å². The Bertz CT molecular complexity index is 1890. The van der Waals surface area contributed by atoms with Crippen molar-refractivity contribution in [2.24, 2.45) is 0 Å². The number of hydrogen-bond donors (Lipinski definition) is 2. The van der Waals surface area contributed by atoms with Crippen LogP contribution in [0.3, 0.4) is 0 Å². The summed E-state index contributed by atoms with van der Waals surface area (Å²) in [4.78, 5) is 29.0. The summed E-state index contributed by atoms with van der Waals surface area (Å²) in [6.45, 7) is 0.418. The van der Waals surface area contributed by atoms with Gasteiger partial charge in [-0.15, -0.1) is 11.8 Å². The standard InChI is InChI=1S/C30H23ClN4O5S2/c31-28-16-13-21-5-4-8-25(29(21)33-28)20-9-11-22(12-10-20)30(36)34-42(39,40)24-14-15-26(27(19-24)35(37)38)32-17-18-41-23-6-2-1-3-7-23/h1-16,19,32H,17-18H2,(H,34,36). The quantitative estimate of drug-likeness (QED) is 0.0575. The third kappa shape index (κ3) is 6.71. The lowest BCUT2D eigenvalue weighted by atomic mass is 10.0. The number of anilines is 1. The molecule has 9 nitrogen and oxygen atoms in total. The highest BCUT2D eigenvalue weighted by molar-refractivity contribution is 7.99. The van der Waals surface area contributed by atoms with Crippen molar-refractivity contribution < 1.29 is 18.1 Å². The molecule has 0 saturated carbocycles. The minimum Gasteiger partial charge on any atom is -0.379 e. The first-order valence-electron chi connectivity index (χ1n) is 12.6. The van der Waals surface area contributed by atoms with E-state index in [9.17, 15) is 23.3 Å². The minimum absolute atomic E-state index is 0.0947. The van der Waals surface area contributed by atoms with Crippen molar-refractivity contribution in [1.82, 2.24) is 9.71 Å². The van der Waals surface area contributed by atoms with Crippen LogP contribution in [0.5, 0.6) is 0 Å². The normalized spacial score (nSPS) is 11.3. The van der Waals surface area contributed by atoms with Crippen LogP contribution in [0.15, 0.2) is 113 Å².